The molecule has 0 aliphatic carbocycles. The number of carbonyl (C=O) groups excluding carboxylic acids is 1. The van der Waals surface area contributed by atoms with E-state index in [-0.39, 0.29) is 29.7 Å². The number of benzene rings is 2. The fraction of sp³-hybridized carbons (Fsp3) is 0.148. The Hall–Kier alpha value is -4.24. The molecule has 0 atom stereocenters. The molecule has 1 aromatic heterocycles. The summed E-state index contributed by atoms with van der Waals surface area (Å²) in [6.07, 6.45) is 6.89. The second-order valence-corrected chi connectivity index (χ2v) is 8.79. The van der Waals surface area contributed by atoms with Crippen LogP contribution in [0.3, 0.4) is 0 Å². The molecule has 1 aliphatic heterocycles. The smallest absolute Gasteiger partial charge is 0.267 e. The summed E-state index contributed by atoms with van der Waals surface area (Å²) in [5, 5.41) is 19.2. The minimum Gasteiger partial charge on any atom is -0.502 e. The number of nitrogens with zero attached hydrogens (tertiary/aromatic N) is 3. The molecule has 8 nitrogen and oxygen atoms in total. The third kappa shape index (κ3) is 5.87. The topological polar surface area (TPSA) is 96.9 Å². The zero-order valence-electron chi connectivity index (χ0n) is 20.0. The molecule has 184 valence electrons. The number of furan rings is 1. The Bertz CT molecular complexity index is 1320. The van der Waals surface area contributed by atoms with Gasteiger partial charge in [0.25, 0.3) is 5.91 Å². The lowest BCUT2D eigenvalue weighted by Gasteiger charge is -2.12. The zero-order chi connectivity index (χ0) is 25.5. The molecular weight excluding hydrogens is 478 g/mol. The van der Waals surface area contributed by atoms with Gasteiger partial charge < -0.3 is 19.0 Å². The zero-order valence-corrected chi connectivity index (χ0v) is 20.9. The van der Waals surface area contributed by atoms with E-state index < -0.39 is 0 Å². The molecule has 0 saturated carbocycles. The van der Waals surface area contributed by atoms with E-state index in [0.717, 1.165) is 11.1 Å². The van der Waals surface area contributed by atoms with Gasteiger partial charge in [0.1, 0.15) is 5.76 Å². The first-order valence-electron chi connectivity index (χ1n) is 11.0. The number of amides is 1. The maximum Gasteiger partial charge on any atom is 0.267 e. The van der Waals surface area contributed by atoms with Crippen LogP contribution in [0.2, 0.25) is 0 Å². The van der Waals surface area contributed by atoms with Crippen molar-refractivity contribution in [2.45, 2.75) is 13.5 Å². The Kier molecular flexibility index (Phi) is 7.92. The highest BCUT2D eigenvalue weighted by atomic mass is 32.2. The normalized spacial score (nSPS) is 16.5. The Balaban J connectivity index is 1.63. The van der Waals surface area contributed by atoms with E-state index in [9.17, 15) is 9.90 Å². The summed E-state index contributed by atoms with van der Waals surface area (Å²) in [6.45, 7) is 2.15. The average Bonchev–Trinajstić information content (AvgIpc) is 3.50. The number of allylic oxidation sites excluding steroid dienone is 1. The molecular formula is C27H25N3O5S. The van der Waals surface area contributed by atoms with E-state index in [0.29, 0.717) is 21.4 Å². The first-order chi connectivity index (χ1) is 17.5. The summed E-state index contributed by atoms with van der Waals surface area (Å²) in [6, 6.07) is 16.7. The van der Waals surface area contributed by atoms with Crippen molar-refractivity contribution >= 4 is 41.2 Å². The molecule has 1 amide bonds. The van der Waals surface area contributed by atoms with Crippen LogP contribution in [0.15, 0.2) is 86.0 Å². The van der Waals surface area contributed by atoms with E-state index in [2.05, 4.69) is 10.2 Å². The van der Waals surface area contributed by atoms with Crippen LogP contribution >= 0.6 is 11.8 Å². The van der Waals surface area contributed by atoms with Crippen molar-refractivity contribution in [1.29, 1.82) is 0 Å². The average molecular weight is 504 g/mol. The summed E-state index contributed by atoms with van der Waals surface area (Å²) < 4.78 is 15.9. The first kappa shape index (κ1) is 24.9. The summed E-state index contributed by atoms with van der Waals surface area (Å²) >= 11 is 1.20. The van der Waals surface area contributed by atoms with Crippen LogP contribution in [-0.2, 0) is 11.3 Å². The van der Waals surface area contributed by atoms with Gasteiger partial charge in [0.2, 0.25) is 5.75 Å². The van der Waals surface area contributed by atoms with Crippen molar-refractivity contribution < 1.29 is 23.8 Å². The van der Waals surface area contributed by atoms with Gasteiger partial charge in [-0.25, -0.2) is 0 Å². The number of aromatic hydroxyl groups is 1. The Morgan fingerprint density at radius 1 is 1.08 bits per heavy atom. The van der Waals surface area contributed by atoms with Gasteiger partial charge in [0.15, 0.2) is 16.7 Å². The van der Waals surface area contributed by atoms with Gasteiger partial charge in [-0.2, -0.15) is 5.10 Å². The minimum absolute atomic E-state index is 0.109. The molecule has 1 fully saturated rings. The second kappa shape index (κ2) is 11.5. The fourth-order valence-corrected chi connectivity index (χ4v) is 4.38. The van der Waals surface area contributed by atoms with Gasteiger partial charge in [-0.1, -0.05) is 36.4 Å². The van der Waals surface area contributed by atoms with Gasteiger partial charge >= 0.3 is 0 Å². The van der Waals surface area contributed by atoms with Crippen molar-refractivity contribution in [3.05, 3.63) is 88.2 Å². The predicted octanol–water partition coefficient (Wildman–Crippen LogP) is 5.56. The van der Waals surface area contributed by atoms with Crippen LogP contribution in [0.1, 0.15) is 23.8 Å². The first-order valence-corrected chi connectivity index (χ1v) is 11.8. The maximum absolute atomic E-state index is 13.3. The van der Waals surface area contributed by atoms with E-state index in [1.807, 2.05) is 43.3 Å². The monoisotopic (exact) mass is 503 g/mol. The lowest BCUT2D eigenvalue weighted by molar-refractivity contribution is -0.122. The number of methoxy groups -OCH3 is 2. The molecule has 2 heterocycles. The quantitative estimate of drug-likeness (QED) is 0.245. The molecule has 9 heteroatoms. The predicted molar refractivity (Wildman–Crippen MR) is 142 cm³/mol. The lowest BCUT2D eigenvalue weighted by Crippen LogP contribution is -2.28. The van der Waals surface area contributed by atoms with Crippen LogP contribution in [0.4, 0.5) is 0 Å². The minimum atomic E-state index is -0.243. The number of ether oxygens (including phenoxy) is 2. The van der Waals surface area contributed by atoms with Crippen LogP contribution in [0.5, 0.6) is 17.2 Å². The number of hydrogen-bond acceptors (Lipinski definition) is 8. The highest BCUT2D eigenvalue weighted by Gasteiger charge is 2.34. The van der Waals surface area contributed by atoms with E-state index in [1.54, 1.807) is 42.8 Å². The molecule has 1 N–H and O–H groups in total. The molecule has 0 bridgehead atoms. The molecule has 1 aliphatic rings. The third-order valence-corrected chi connectivity index (χ3v) is 6.18. The number of thioether (sulfide) groups is 1. The standard InChI is InChI=1S/C27H25N3O5S/c1-18(12-19-8-5-4-6-9-19)16-28-29-27-30(17-21-10-7-11-35-21)26(32)24(36-27)15-20-13-22(33-2)25(31)23(14-20)34-3/h4-16,31H,17H2,1-3H3/b18-12+,24-15-,28-16+,29-27-. The molecule has 2 aromatic carbocycles. The molecule has 0 radical (unpaired) electrons. The maximum atomic E-state index is 13.3. The van der Waals surface area contributed by atoms with Crippen LogP contribution in [-0.4, -0.2) is 41.5 Å². The summed E-state index contributed by atoms with van der Waals surface area (Å²) in [5.74, 6) is 0.747. The molecule has 36 heavy (non-hydrogen) atoms. The Morgan fingerprint density at radius 2 is 1.81 bits per heavy atom. The van der Waals surface area contributed by atoms with Crippen LogP contribution in [0, 0.1) is 0 Å². The second-order valence-electron chi connectivity index (χ2n) is 7.78. The third-order valence-electron chi connectivity index (χ3n) is 5.18. The van der Waals surface area contributed by atoms with Crippen molar-refractivity contribution in [2.24, 2.45) is 10.2 Å². The van der Waals surface area contributed by atoms with Gasteiger partial charge in [-0.05, 0) is 65.7 Å². The van der Waals surface area contributed by atoms with Crippen molar-refractivity contribution in [1.82, 2.24) is 4.90 Å². The SMILES string of the molecule is COc1cc(/C=C2\S\C(=N/N=C/C(C)=C/c3ccccc3)N(Cc3ccco3)C2=O)cc(OC)c1O. The Morgan fingerprint density at radius 3 is 2.44 bits per heavy atom. The molecule has 0 unspecified atom stereocenters. The summed E-state index contributed by atoms with van der Waals surface area (Å²) in [5.41, 5.74) is 2.60. The number of phenols is 1. The number of rotatable bonds is 8. The molecule has 1 saturated heterocycles. The fourth-order valence-electron chi connectivity index (χ4n) is 3.45. The number of hydrogen-bond donors (Lipinski definition) is 1. The largest absolute Gasteiger partial charge is 0.502 e. The number of phenolic OH excluding ortho intramolecular Hbond substituents is 1. The van der Waals surface area contributed by atoms with Crippen LogP contribution < -0.4 is 9.47 Å². The summed E-state index contributed by atoms with van der Waals surface area (Å²) in [7, 11) is 2.89. The van der Waals surface area contributed by atoms with Crippen molar-refractivity contribution in [2.75, 3.05) is 14.2 Å². The molecule has 3 aromatic rings. The van der Waals surface area contributed by atoms with E-state index >= 15 is 0 Å². The molecule has 0 spiro atoms. The number of amidine groups is 1. The number of carbonyl (C=O) groups is 1. The Labute approximate surface area is 213 Å². The summed E-state index contributed by atoms with van der Waals surface area (Å²) in [4.78, 5) is 15.2. The van der Waals surface area contributed by atoms with Crippen LogP contribution in [0.25, 0.3) is 12.2 Å². The van der Waals surface area contributed by atoms with Gasteiger partial charge in [-0.15, -0.1) is 5.10 Å². The van der Waals surface area contributed by atoms with E-state index in [4.69, 9.17) is 13.9 Å². The highest BCUT2D eigenvalue weighted by molar-refractivity contribution is 8.18. The van der Waals surface area contributed by atoms with Gasteiger partial charge in [0, 0.05) is 0 Å². The molecule has 4 rings (SSSR count). The van der Waals surface area contributed by atoms with Crippen molar-refractivity contribution in [3.8, 4) is 17.2 Å². The van der Waals surface area contributed by atoms with Gasteiger partial charge in [-0.3, -0.25) is 9.69 Å². The van der Waals surface area contributed by atoms with Gasteiger partial charge in [0.05, 0.1) is 38.1 Å². The lowest BCUT2D eigenvalue weighted by atomic mass is 10.1. The highest BCUT2D eigenvalue weighted by Crippen LogP contribution is 2.39. The van der Waals surface area contributed by atoms with E-state index in [1.165, 1.54) is 30.9 Å². The van der Waals surface area contributed by atoms with Crippen molar-refractivity contribution in [3.63, 3.8) is 0 Å².